The number of fused-ring (bicyclic) bond motifs is 1. The van der Waals surface area contributed by atoms with Crippen LogP contribution in [0.1, 0.15) is 52.8 Å². The van der Waals surface area contributed by atoms with E-state index in [1.807, 2.05) is 61.4 Å². The molecule has 0 bridgehead atoms. The zero-order valence-electron chi connectivity index (χ0n) is 19.5. The van der Waals surface area contributed by atoms with Gasteiger partial charge in [0.15, 0.2) is 17.4 Å². The molecule has 1 saturated heterocycles. The molecule has 0 aromatic carbocycles. The number of rotatable bonds is 6. The number of likely N-dealkylation sites (tertiary alicyclic amines) is 1. The summed E-state index contributed by atoms with van der Waals surface area (Å²) in [6.45, 7) is 11.3. The van der Waals surface area contributed by atoms with Gasteiger partial charge >= 0.3 is 6.09 Å². The molecule has 1 aliphatic heterocycles. The van der Waals surface area contributed by atoms with Gasteiger partial charge in [0.05, 0.1) is 0 Å². The highest BCUT2D eigenvalue weighted by molar-refractivity contribution is 14.0. The number of hydrogen-bond acceptors (Lipinski definition) is 5. The minimum atomic E-state index is -0.460. The summed E-state index contributed by atoms with van der Waals surface area (Å²) in [6, 6.07) is 5.82. The third-order valence-corrected chi connectivity index (χ3v) is 5.12. The highest BCUT2D eigenvalue weighted by atomic mass is 127. The van der Waals surface area contributed by atoms with Crippen LogP contribution in [0.4, 0.5) is 4.79 Å². The number of nitrogens with one attached hydrogen (secondary N) is 2. The summed E-state index contributed by atoms with van der Waals surface area (Å²) in [6.07, 6.45) is 4.84. The second-order valence-corrected chi connectivity index (χ2v) is 8.89. The minimum Gasteiger partial charge on any atom is -0.444 e. The monoisotopic (exact) mass is 557 g/mol. The van der Waals surface area contributed by atoms with Gasteiger partial charge in [0, 0.05) is 32.4 Å². The lowest BCUT2D eigenvalue weighted by Gasteiger charge is -2.34. The predicted octanol–water partition coefficient (Wildman–Crippen LogP) is 3.44. The number of guanidine groups is 1. The standard InChI is InChI=1S/C22H35N7O2.HI/c1-5-23-20(25-15-19-27-26-18-10-6-7-14-29(18)19)24-12-11-17-9-8-13-28(16-17)21(30)31-22(2,3)4;/h6-7,10,14,17H,5,8-9,11-13,15-16H2,1-4H3,(H2,23,24,25);1H. The van der Waals surface area contributed by atoms with E-state index in [4.69, 9.17) is 4.74 Å². The SMILES string of the molecule is CCNC(=NCc1nnc2ccccn12)NCCC1CCCN(C(=O)OC(C)(C)C)C1.I. The molecule has 10 heteroatoms. The molecule has 3 heterocycles. The summed E-state index contributed by atoms with van der Waals surface area (Å²) in [7, 11) is 0. The van der Waals surface area contributed by atoms with Crippen LogP contribution in [0.25, 0.3) is 5.65 Å². The summed E-state index contributed by atoms with van der Waals surface area (Å²) in [4.78, 5) is 18.9. The van der Waals surface area contributed by atoms with Gasteiger partial charge in [0.25, 0.3) is 0 Å². The van der Waals surface area contributed by atoms with Gasteiger partial charge in [-0.3, -0.25) is 4.40 Å². The number of piperidine rings is 1. The number of carbonyl (C=O) groups is 1. The number of halogens is 1. The lowest BCUT2D eigenvalue weighted by Crippen LogP contribution is -2.44. The molecule has 1 aliphatic rings. The van der Waals surface area contributed by atoms with E-state index in [0.717, 1.165) is 62.9 Å². The van der Waals surface area contributed by atoms with Crippen molar-refractivity contribution in [1.82, 2.24) is 30.1 Å². The first-order valence-electron chi connectivity index (χ1n) is 11.1. The first-order valence-corrected chi connectivity index (χ1v) is 11.1. The van der Waals surface area contributed by atoms with Gasteiger partial charge in [-0.2, -0.15) is 0 Å². The molecule has 2 aromatic heterocycles. The molecule has 3 rings (SSSR count). The van der Waals surface area contributed by atoms with Gasteiger partial charge in [-0.1, -0.05) is 6.07 Å². The maximum Gasteiger partial charge on any atom is 0.410 e. The number of amides is 1. The quantitative estimate of drug-likeness (QED) is 0.321. The Bertz CT molecular complexity index is 894. The lowest BCUT2D eigenvalue weighted by molar-refractivity contribution is 0.0162. The van der Waals surface area contributed by atoms with Crippen LogP contribution in [0.3, 0.4) is 0 Å². The summed E-state index contributed by atoms with van der Waals surface area (Å²) < 4.78 is 7.47. The molecule has 2 N–H and O–H groups in total. The van der Waals surface area contributed by atoms with Crippen molar-refractivity contribution >= 4 is 41.7 Å². The van der Waals surface area contributed by atoms with Crippen molar-refractivity contribution in [2.45, 2.75) is 59.1 Å². The maximum absolute atomic E-state index is 12.4. The first kappa shape index (κ1) is 26.1. The third-order valence-electron chi connectivity index (χ3n) is 5.12. The number of ether oxygens (including phenoxy) is 1. The fraction of sp³-hybridized carbons (Fsp3) is 0.636. The van der Waals surface area contributed by atoms with Crippen molar-refractivity contribution in [2.75, 3.05) is 26.2 Å². The van der Waals surface area contributed by atoms with Crippen molar-refractivity contribution in [1.29, 1.82) is 0 Å². The smallest absolute Gasteiger partial charge is 0.410 e. The molecule has 0 saturated carbocycles. The molecular weight excluding hydrogens is 521 g/mol. The van der Waals surface area contributed by atoms with Crippen LogP contribution < -0.4 is 10.6 Å². The van der Waals surface area contributed by atoms with E-state index < -0.39 is 5.60 Å². The average Bonchev–Trinajstić information content (AvgIpc) is 3.14. The molecule has 1 unspecified atom stereocenters. The van der Waals surface area contributed by atoms with E-state index in [1.165, 1.54) is 0 Å². The minimum absolute atomic E-state index is 0. The summed E-state index contributed by atoms with van der Waals surface area (Å²) >= 11 is 0. The normalized spacial score (nSPS) is 17.1. The van der Waals surface area contributed by atoms with Gasteiger partial charge in [0.2, 0.25) is 0 Å². The number of aliphatic imine (C=N–C) groups is 1. The molecule has 2 aromatic rings. The third kappa shape index (κ3) is 7.79. The zero-order chi connectivity index (χ0) is 22.3. The van der Waals surface area contributed by atoms with Gasteiger partial charge in [-0.05, 0) is 65.0 Å². The topological polar surface area (TPSA) is 96.1 Å². The van der Waals surface area contributed by atoms with Crippen molar-refractivity contribution in [3.63, 3.8) is 0 Å². The van der Waals surface area contributed by atoms with Crippen LogP contribution in [0, 0.1) is 5.92 Å². The number of pyridine rings is 1. The number of hydrogen-bond donors (Lipinski definition) is 2. The Balaban J connectivity index is 0.00000363. The van der Waals surface area contributed by atoms with Crippen LogP contribution in [-0.4, -0.2) is 63.3 Å². The van der Waals surface area contributed by atoms with Crippen molar-refractivity contribution in [2.24, 2.45) is 10.9 Å². The largest absolute Gasteiger partial charge is 0.444 e. The highest BCUT2D eigenvalue weighted by Crippen LogP contribution is 2.21. The van der Waals surface area contributed by atoms with E-state index in [-0.39, 0.29) is 30.1 Å². The van der Waals surface area contributed by atoms with Crippen LogP contribution in [0.2, 0.25) is 0 Å². The highest BCUT2D eigenvalue weighted by Gasteiger charge is 2.27. The van der Waals surface area contributed by atoms with E-state index in [1.54, 1.807) is 0 Å². The van der Waals surface area contributed by atoms with E-state index in [0.29, 0.717) is 12.5 Å². The second kappa shape index (κ2) is 12.2. The summed E-state index contributed by atoms with van der Waals surface area (Å²) in [5.74, 6) is 2.01. The second-order valence-electron chi connectivity index (χ2n) is 8.89. The van der Waals surface area contributed by atoms with Gasteiger partial charge < -0.3 is 20.3 Å². The Labute approximate surface area is 207 Å². The van der Waals surface area contributed by atoms with Gasteiger partial charge in [-0.25, -0.2) is 9.79 Å². The van der Waals surface area contributed by atoms with Crippen molar-refractivity contribution in [3.05, 3.63) is 30.2 Å². The first-order chi connectivity index (χ1) is 14.9. The molecule has 0 aliphatic carbocycles. The number of aromatic nitrogens is 3. The van der Waals surface area contributed by atoms with Crippen LogP contribution in [0.15, 0.2) is 29.4 Å². The molecule has 1 amide bonds. The van der Waals surface area contributed by atoms with Crippen molar-refractivity contribution < 1.29 is 9.53 Å². The van der Waals surface area contributed by atoms with Gasteiger partial charge in [-0.15, -0.1) is 34.2 Å². The predicted molar refractivity (Wildman–Crippen MR) is 136 cm³/mol. The fourth-order valence-electron chi connectivity index (χ4n) is 3.68. The molecule has 32 heavy (non-hydrogen) atoms. The molecule has 1 fully saturated rings. The zero-order valence-corrected chi connectivity index (χ0v) is 21.8. The van der Waals surface area contributed by atoms with E-state index in [9.17, 15) is 4.79 Å². The van der Waals surface area contributed by atoms with Crippen molar-refractivity contribution in [3.8, 4) is 0 Å². The van der Waals surface area contributed by atoms with Crippen LogP contribution in [-0.2, 0) is 11.3 Å². The van der Waals surface area contributed by atoms with Crippen LogP contribution >= 0.6 is 24.0 Å². The maximum atomic E-state index is 12.4. The average molecular weight is 557 g/mol. The Morgan fingerprint density at radius 3 is 2.84 bits per heavy atom. The lowest BCUT2D eigenvalue weighted by atomic mass is 9.95. The van der Waals surface area contributed by atoms with Gasteiger partial charge in [0.1, 0.15) is 12.1 Å². The Morgan fingerprint density at radius 2 is 2.09 bits per heavy atom. The van der Waals surface area contributed by atoms with E-state index in [2.05, 4.69) is 25.8 Å². The molecular formula is C22H36IN7O2. The Hall–Kier alpha value is -2.11. The summed E-state index contributed by atoms with van der Waals surface area (Å²) in [5.41, 5.74) is 0.357. The fourth-order valence-corrected chi connectivity index (χ4v) is 3.68. The van der Waals surface area contributed by atoms with E-state index >= 15 is 0 Å². The molecule has 9 nitrogen and oxygen atoms in total. The van der Waals surface area contributed by atoms with Crippen LogP contribution in [0.5, 0.6) is 0 Å². The number of carbonyl (C=O) groups excluding carboxylic acids is 1. The Kier molecular flexibility index (Phi) is 9.98. The Morgan fingerprint density at radius 1 is 1.28 bits per heavy atom. The molecule has 178 valence electrons. The molecule has 1 atom stereocenters. The molecule has 0 radical (unpaired) electrons. The number of nitrogens with zero attached hydrogens (tertiary/aromatic N) is 5. The molecule has 0 spiro atoms. The summed E-state index contributed by atoms with van der Waals surface area (Å²) in [5, 5.41) is 15.1.